The minimum Gasteiger partial charge on any atom is -0.497 e. The van der Waals surface area contributed by atoms with Crippen LogP contribution in [0.15, 0.2) is 72.8 Å². The van der Waals surface area contributed by atoms with Crippen LogP contribution in [0.3, 0.4) is 0 Å². The van der Waals surface area contributed by atoms with Gasteiger partial charge in [0.1, 0.15) is 11.6 Å². The maximum atomic E-state index is 13.0. The van der Waals surface area contributed by atoms with Gasteiger partial charge in [0, 0.05) is 16.9 Å². The fourth-order valence-electron chi connectivity index (χ4n) is 2.78. The number of methoxy groups -OCH3 is 1. The first-order chi connectivity index (χ1) is 14.4. The van der Waals surface area contributed by atoms with E-state index in [2.05, 4.69) is 16.0 Å². The van der Waals surface area contributed by atoms with Crippen molar-refractivity contribution in [2.45, 2.75) is 13.0 Å². The van der Waals surface area contributed by atoms with Gasteiger partial charge in [-0.3, -0.25) is 4.79 Å². The summed E-state index contributed by atoms with van der Waals surface area (Å²) in [6.45, 7) is 1.94. The third kappa shape index (κ3) is 5.78. The summed E-state index contributed by atoms with van der Waals surface area (Å²) in [5.74, 6) is 0.217. The molecule has 3 N–H and O–H groups in total. The molecule has 0 spiro atoms. The molecule has 0 bridgehead atoms. The van der Waals surface area contributed by atoms with E-state index in [1.165, 1.54) is 12.1 Å². The molecule has 154 valence electrons. The maximum Gasteiger partial charge on any atom is 0.255 e. The number of rotatable bonds is 6. The highest BCUT2D eigenvalue weighted by Gasteiger charge is 2.09. The quantitative estimate of drug-likeness (QED) is 0.480. The minimum atomic E-state index is -0.272. The van der Waals surface area contributed by atoms with E-state index < -0.39 is 0 Å². The van der Waals surface area contributed by atoms with Gasteiger partial charge in [-0.25, -0.2) is 4.39 Å². The number of ether oxygens (including phenoxy) is 1. The lowest BCUT2D eigenvalue weighted by molar-refractivity contribution is 0.102. The highest BCUT2D eigenvalue weighted by molar-refractivity contribution is 7.80. The Bertz CT molecular complexity index is 1010. The van der Waals surface area contributed by atoms with Crippen molar-refractivity contribution in [2.24, 2.45) is 0 Å². The number of benzene rings is 3. The molecule has 0 aliphatic heterocycles. The molecule has 0 heterocycles. The molecule has 5 nitrogen and oxygen atoms in total. The van der Waals surface area contributed by atoms with Crippen LogP contribution in [0.4, 0.5) is 15.8 Å². The molecule has 3 rings (SSSR count). The normalized spacial score (nSPS) is 11.3. The number of amides is 1. The molecular weight excluding hydrogens is 401 g/mol. The predicted molar refractivity (Wildman–Crippen MR) is 122 cm³/mol. The molecule has 3 aromatic rings. The summed E-state index contributed by atoms with van der Waals surface area (Å²) in [6.07, 6.45) is 0. The van der Waals surface area contributed by atoms with Gasteiger partial charge >= 0.3 is 0 Å². The first-order valence-corrected chi connectivity index (χ1v) is 9.74. The third-order valence-corrected chi connectivity index (χ3v) is 4.69. The van der Waals surface area contributed by atoms with E-state index in [-0.39, 0.29) is 17.8 Å². The van der Waals surface area contributed by atoms with Gasteiger partial charge in [-0.05, 0) is 85.4 Å². The lowest BCUT2D eigenvalue weighted by Gasteiger charge is -2.17. The van der Waals surface area contributed by atoms with Crippen molar-refractivity contribution < 1.29 is 13.9 Å². The van der Waals surface area contributed by atoms with Crippen molar-refractivity contribution in [1.82, 2.24) is 5.32 Å². The Morgan fingerprint density at radius 2 is 1.47 bits per heavy atom. The standard InChI is InChI=1S/C23H22FN3O2S/c1-15(16-3-7-18(24)8-4-16)25-23(30)27-20-11-9-19(10-12-20)26-22(28)17-5-13-21(29-2)14-6-17/h3-15H,1-2H3,(H,26,28)(H2,25,27,30). The van der Waals surface area contributed by atoms with Gasteiger partial charge in [-0.2, -0.15) is 0 Å². The molecule has 0 radical (unpaired) electrons. The Balaban J connectivity index is 1.53. The van der Waals surface area contributed by atoms with Gasteiger partial charge in [0.2, 0.25) is 0 Å². The van der Waals surface area contributed by atoms with E-state index in [1.807, 2.05) is 19.1 Å². The number of carbonyl (C=O) groups is 1. The first-order valence-electron chi connectivity index (χ1n) is 9.33. The zero-order chi connectivity index (χ0) is 21.5. The van der Waals surface area contributed by atoms with Crippen LogP contribution in [0.1, 0.15) is 28.9 Å². The maximum absolute atomic E-state index is 13.0. The average Bonchev–Trinajstić information content (AvgIpc) is 2.75. The third-order valence-electron chi connectivity index (χ3n) is 4.47. The Hall–Kier alpha value is -3.45. The first kappa shape index (κ1) is 21.3. The van der Waals surface area contributed by atoms with E-state index in [0.717, 1.165) is 11.3 Å². The van der Waals surface area contributed by atoms with E-state index >= 15 is 0 Å². The zero-order valence-corrected chi connectivity index (χ0v) is 17.4. The second-order valence-corrected chi connectivity index (χ2v) is 7.04. The van der Waals surface area contributed by atoms with E-state index in [1.54, 1.807) is 55.6 Å². The molecule has 0 aliphatic carbocycles. The van der Waals surface area contributed by atoms with Gasteiger partial charge in [-0.15, -0.1) is 0 Å². The Labute approximate surface area is 180 Å². The number of hydrogen-bond donors (Lipinski definition) is 3. The molecule has 0 saturated heterocycles. The monoisotopic (exact) mass is 423 g/mol. The second kappa shape index (κ2) is 9.84. The molecule has 30 heavy (non-hydrogen) atoms. The molecule has 0 saturated carbocycles. The van der Waals surface area contributed by atoms with Crippen LogP contribution in [0.25, 0.3) is 0 Å². The summed E-state index contributed by atoms with van der Waals surface area (Å²) in [6, 6.07) is 20.3. The summed E-state index contributed by atoms with van der Waals surface area (Å²) in [5.41, 5.74) is 2.91. The van der Waals surface area contributed by atoms with Crippen LogP contribution in [0.2, 0.25) is 0 Å². The van der Waals surface area contributed by atoms with Crippen molar-refractivity contribution in [2.75, 3.05) is 17.7 Å². The van der Waals surface area contributed by atoms with E-state index in [4.69, 9.17) is 17.0 Å². The van der Waals surface area contributed by atoms with Gasteiger partial charge in [0.15, 0.2) is 5.11 Å². The fourth-order valence-corrected chi connectivity index (χ4v) is 3.08. The van der Waals surface area contributed by atoms with Crippen LogP contribution in [0.5, 0.6) is 5.75 Å². The van der Waals surface area contributed by atoms with Crippen molar-refractivity contribution in [3.05, 3.63) is 89.7 Å². The Morgan fingerprint density at radius 3 is 2.03 bits per heavy atom. The van der Waals surface area contributed by atoms with Crippen molar-refractivity contribution >= 4 is 34.6 Å². The van der Waals surface area contributed by atoms with Gasteiger partial charge in [0.05, 0.1) is 13.2 Å². The number of thiocarbonyl (C=S) groups is 1. The lowest BCUT2D eigenvalue weighted by Crippen LogP contribution is -2.30. The lowest BCUT2D eigenvalue weighted by atomic mass is 10.1. The largest absolute Gasteiger partial charge is 0.497 e. The highest BCUT2D eigenvalue weighted by Crippen LogP contribution is 2.17. The SMILES string of the molecule is COc1ccc(C(=O)Nc2ccc(NC(=S)NC(C)c3ccc(F)cc3)cc2)cc1. The molecule has 1 amide bonds. The van der Waals surface area contributed by atoms with Crippen LogP contribution < -0.4 is 20.7 Å². The van der Waals surface area contributed by atoms with Gasteiger partial charge in [-0.1, -0.05) is 12.1 Å². The van der Waals surface area contributed by atoms with Crippen molar-refractivity contribution in [3.8, 4) is 5.75 Å². The molecule has 3 aromatic carbocycles. The summed E-state index contributed by atoms with van der Waals surface area (Å²) >= 11 is 5.35. The van der Waals surface area contributed by atoms with Crippen molar-refractivity contribution in [3.63, 3.8) is 0 Å². The van der Waals surface area contributed by atoms with Crippen LogP contribution in [-0.2, 0) is 0 Å². The van der Waals surface area contributed by atoms with Crippen LogP contribution >= 0.6 is 12.2 Å². The molecule has 1 atom stereocenters. The number of anilines is 2. The molecule has 0 aromatic heterocycles. The fraction of sp³-hybridized carbons (Fsp3) is 0.130. The molecule has 0 fully saturated rings. The summed E-state index contributed by atoms with van der Waals surface area (Å²) in [4.78, 5) is 12.3. The topological polar surface area (TPSA) is 62.4 Å². The van der Waals surface area contributed by atoms with Crippen LogP contribution in [0, 0.1) is 5.82 Å². The Kier molecular flexibility index (Phi) is 6.98. The van der Waals surface area contributed by atoms with Crippen molar-refractivity contribution in [1.29, 1.82) is 0 Å². The van der Waals surface area contributed by atoms with E-state index in [0.29, 0.717) is 22.1 Å². The number of hydrogen-bond acceptors (Lipinski definition) is 3. The molecule has 7 heteroatoms. The summed E-state index contributed by atoms with van der Waals surface area (Å²) in [5, 5.41) is 9.55. The van der Waals surface area contributed by atoms with E-state index in [9.17, 15) is 9.18 Å². The second-order valence-electron chi connectivity index (χ2n) is 6.63. The van der Waals surface area contributed by atoms with Gasteiger partial charge < -0.3 is 20.7 Å². The number of carbonyl (C=O) groups excluding carboxylic acids is 1. The van der Waals surface area contributed by atoms with Gasteiger partial charge in [0.25, 0.3) is 5.91 Å². The highest BCUT2D eigenvalue weighted by atomic mass is 32.1. The summed E-state index contributed by atoms with van der Waals surface area (Å²) in [7, 11) is 1.58. The summed E-state index contributed by atoms with van der Waals surface area (Å²) < 4.78 is 18.1. The minimum absolute atomic E-state index is 0.0753. The number of halogens is 1. The zero-order valence-electron chi connectivity index (χ0n) is 16.6. The Morgan fingerprint density at radius 1 is 0.900 bits per heavy atom. The molecule has 0 aliphatic rings. The molecular formula is C23H22FN3O2S. The number of nitrogens with one attached hydrogen (secondary N) is 3. The van der Waals surface area contributed by atoms with Crippen LogP contribution in [-0.4, -0.2) is 18.1 Å². The predicted octanol–water partition coefficient (Wildman–Crippen LogP) is 5.13. The smallest absolute Gasteiger partial charge is 0.255 e. The average molecular weight is 424 g/mol. The molecule has 1 unspecified atom stereocenters.